The lowest BCUT2D eigenvalue weighted by Crippen LogP contribution is -2.33. The van der Waals surface area contributed by atoms with E-state index in [1.54, 1.807) is 49.5 Å². The Morgan fingerprint density at radius 1 is 1.00 bits per heavy atom. The Labute approximate surface area is 162 Å². The summed E-state index contributed by atoms with van der Waals surface area (Å²) in [5.74, 6) is 0.243. The topological polar surface area (TPSA) is 93.2 Å². The molecule has 0 aliphatic rings. The van der Waals surface area contributed by atoms with Gasteiger partial charge in [0.05, 0.1) is 10.6 Å². The number of aromatic nitrogens is 1. The molecule has 1 atom stereocenters. The predicted octanol–water partition coefficient (Wildman–Crippen LogP) is 3.05. The fourth-order valence-corrected chi connectivity index (χ4v) is 5.58. The molecule has 0 aliphatic carbocycles. The minimum Gasteiger partial charge on any atom is -0.264 e. The molecule has 0 spiro atoms. The van der Waals surface area contributed by atoms with Crippen molar-refractivity contribution < 1.29 is 16.8 Å². The fraction of sp³-hybridized carbons (Fsp3) is 0.421. The zero-order valence-corrected chi connectivity index (χ0v) is 17.4. The minimum atomic E-state index is -3.80. The van der Waals surface area contributed by atoms with Gasteiger partial charge in [-0.3, -0.25) is 4.98 Å². The first-order chi connectivity index (χ1) is 12.7. The van der Waals surface area contributed by atoms with Crippen LogP contribution >= 0.6 is 0 Å². The van der Waals surface area contributed by atoms with Gasteiger partial charge >= 0.3 is 0 Å². The Bertz CT molecular complexity index is 939. The maximum absolute atomic E-state index is 13.2. The highest BCUT2D eigenvalue weighted by Crippen LogP contribution is 2.29. The first-order valence-corrected chi connectivity index (χ1v) is 12.1. The van der Waals surface area contributed by atoms with Crippen molar-refractivity contribution in [3.8, 4) is 0 Å². The SMILES string of the molecule is CCCS(=O)(=O)NCC(c1cccnc1)S(=O)(=O)c1ccc(C(C)C)cc1. The number of pyridine rings is 1. The second-order valence-electron chi connectivity index (χ2n) is 6.71. The first kappa shape index (κ1) is 21.5. The van der Waals surface area contributed by atoms with Crippen molar-refractivity contribution >= 4 is 19.9 Å². The average molecular weight is 411 g/mol. The zero-order chi connectivity index (χ0) is 20.1. The van der Waals surface area contributed by atoms with Crippen molar-refractivity contribution in [3.05, 3.63) is 59.9 Å². The second-order valence-corrected chi connectivity index (χ2v) is 10.8. The van der Waals surface area contributed by atoms with Gasteiger partial charge in [-0.2, -0.15) is 0 Å². The standard InChI is InChI=1S/C19H26N2O4S2/c1-4-12-26(22,23)21-14-19(17-6-5-11-20-13-17)27(24,25)18-9-7-16(8-10-18)15(2)3/h5-11,13,15,19,21H,4,12,14H2,1-3H3. The van der Waals surface area contributed by atoms with Crippen LogP contribution in [0.25, 0.3) is 0 Å². The van der Waals surface area contributed by atoms with Gasteiger partial charge in [-0.05, 0) is 41.7 Å². The van der Waals surface area contributed by atoms with Crippen LogP contribution in [0.1, 0.15) is 49.5 Å². The fourth-order valence-electron chi connectivity index (χ4n) is 2.72. The van der Waals surface area contributed by atoms with E-state index in [0.717, 1.165) is 5.56 Å². The Kier molecular flexibility index (Phi) is 7.13. The highest BCUT2D eigenvalue weighted by molar-refractivity contribution is 7.92. The molecule has 2 rings (SSSR count). The molecule has 6 nitrogen and oxygen atoms in total. The van der Waals surface area contributed by atoms with E-state index in [4.69, 9.17) is 0 Å². The molecule has 0 aliphatic heterocycles. The van der Waals surface area contributed by atoms with E-state index >= 15 is 0 Å². The van der Waals surface area contributed by atoms with Crippen molar-refractivity contribution in [3.63, 3.8) is 0 Å². The summed E-state index contributed by atoms with van der Waals surface area (Å²) < 4.78 is 52.9. The molecule has 0 bridgehead atoms. The molecule has 0 saturated carbocycles. The highest BCUT2D eigenvalue weighted by atomic mass is 32.2. The number of sulfone groups is 1. The lowest BCUT2D eigenvalue weighted by Gasteiger charge is -2.19. The third-order valence-corrected chi connectivity index (χ3v) is 7.94. The van der Waals surface area contributed by atoms with Crippen LogP contribution in [0, 0.1) is 0 Å². The van der Waals surface area contributed by atoms with Crippen LogP contribution in [-0.2, 0) is 19.9 Å². The van der Waals surface area contributed by atoms with Crippen LogP contribution in [0.5, 0.6) is 0 Å². The van der Waals surface area contributed by atoms with E-state index in [9.17, 15) is 16.8 Å². The van der Waals surface area contributed by atoms with Crippen LogP contribution in [0.4, 0.5) is 0 Å². The summed E-state index contributed by atoms with van der Waals surface area (Å²) in [5, 5.41) is -1.05. The maximum atomic E-state index is 13.2. The van der Waals surface area contributed by atoms with Gasteiger partial charge in [0.1, 0.15) is 5.25 Å². The van der Waals surface area contributed by atoms with E-state index in [1.807, 2.05) is 13.8 Å². The van der Waals surface area contributed by atoms with Crippen molar-refractivity contribution in [1.29, 1.82) is 0 Å². The lowest BCUT2D eigenvalue weighted by atomic mass is 10.0. The van der Waals surface area contributed by atoms with Gasteiger partial charge in [0.15, 0.2) is 9.84 Å². The largest absolute Gasteiger partial charge is 0.264 e. The van der Waals surface area contributed by atoms with E-state index < -0.39 is 25.1 Å². The molecular weight excluding hydrogens is 384 g/mol. The van der Waals surface area contributed by atoms with Gasteiger partial charge < -0.3 is 0 Å². The van der Waals surface area contributed by atoms with Crippen LogP contribution in [0.15, 0.2) is 53.7 Å². The molecule has 1 N–H and O–H groups in total. The Balaban J connectivity index is 2.39. The number of benzene rings is 1. The van der Waals surface area contributed by atoms with Crippen molar-refractivity contribution in [2.45, 2.75) is 43.3 Å². The Hall–Kier alpha value is -1.77. The molecule has 8 heteroatoms. The Morgan fingerprint density at radius 2 is 1.67 bits per heavy atom. The average Bonchev–Trinajstić information content (AvgIpc) is 2.62. The Morgan fingerprint density at radius 3 is 2.19 bits per heavy atom. The van der Waals surface area contributed by atoms with Crippen molar-refractivity contribution in [2.24, 2.45) is 0 Å². The summed E-state index contributed by atoms with van der Waals surface area (Å²) in [6, 6.07) is 10.0. The smallest absolute Gasteiger partial charge is 0.211 e. The summed E-state index contributed by atoms with van der Waals surface area (Å²) in [4.78, 5) is 4.15. The van der Waals surface area contributed by atoms with Gasteiger partial charge in [-0.25, -0.2) is 21.6 Å². The monoisotopic (exact) mass is 410 g/mol. The lowest BCUT2D eigenvalue weighted by molar-refractivity contribution is 0.567. The van der Waals surface area contributed by atoms with E-state index in [2.05, 4.69) is 9.71 Å². The molecule has 148 valence electrons. The van der Waals surface area contributed by atoms with Gasteiger partial charge in [-0.15, -0.1) is 0 Å². The molecule has 1 aromatic carbocycles. The van der Waals surface area contributed by atoms with Gasteiger partial charge in [0.25, 0.3) is 0 Å². The summed E-state index contributed by atoms with van der Waals surface area (Å²) in [5.41, 5.74) is 1.49. The third kappa shape index (κ3) is 5.60. The minimum absolute atomic E-state index is 0.0457. The van der Waals surface area contributed by atoms with Gasteiger partial charge in [-0.1, -0.05) is 39.0 Å². The maximum Gasteiger partial charge on any atom is 0.211 e. The molecule has 1 heterocycles. The second kappa shape index (κ2) is 8.95. The van der Waals surface area contributed by atoms with Crippen molar-refractivity contribution in [1.82, 2.24) is 9.71 Å². The number of sulfonamides is 1. The summed E-state index contributed by atoms with van der Waals surface area (Å²) in [7, 11) is -7.33. The number of hydrogen-bond acceptors (Lipinski definition) is 5. The zero-order valence-electron chi connectivity index (χ0n) is 15.8. The van der Waals surface area contributed by atoms with E-state index in [-0.39, 0.29) is 23.1 Å². The molecule has 1 unspecified atom stereocenters. The predicted molar refractivity (Wildman–Crippen MR) is 107 cm³/mol. The molecular formula is C19H26N2O4S2. The molecule has 0 amide bonds. The van der Waals surface area contributed by atoms with Crippen LogP contribution in [0.2, 0.25) is 0 Å². The normalized spacial score (nSPS) is 13.6. The number of hydrogen-bond donors (Lipinski definition) is 1. The number of rotatable bonds is 9. The third-order valence-electron chi connectivity index (χ3n) is 4.27. The summed E-state index contributed by atoms with van der Waals surface area (Å²) in [6.45, 7) is 5.59. The number of nitrogens with zero attached hydrogens (tertiary/aromatic N) is 1. The number of nitrogens with one attached hydrogen (secondary N) is 1. The first-order valence-electron chi connectivity index (χ1n) is 8.88. The summed E-state index contributed by atoms with van der Waals surface area (Å²) >= 11 is 0. The molecule has 0 fully saturated rings. The molecule has 27 heavy (non-hydrogen) atoms. The van der Waals surface area contributed by atoms with Crippen LogP contribution in [-0.4, -0.2) is 34.1 Å². The molecule has 0 radical (unpaired) electrons. The van der Waals surface area contributed by atoms with Crippen LogP contribution < -0.4 is 4.72 Å². The van der Waals surface area contributed by atoms with Crippen molar-refractivity contribution in [2.75, 3.05) is 12.3 Å². The molecule has 1 aromatic heterocycles. The highest BCUT2D eigenvalue weighted by Gasteiger charge is 2.30. The van der Waals surface area contributed by atoms with Gasteiger partial charge in [0, 0.05) is 18.9 Å². The summed E-state index contributed by atoms with van der Waals surface area (Å²) in [6.07, 6.45) is 3.46. The van der Waals surface area contributed by atoms with Crippen LogP contribution in [0.3, 0.4) is 0 Å². The van der Waals surface area contributed by atoms with E-state index in [1.165, 1.54) is 6.20 Å². The molecule has 2 aromatic rings. The quantitative estimate of drug-likeness (QED) is 0.686. The molecule has 0 saturated heterocycles. The van der Waals surface area contributed by atoms with Gasteiger partial charge in [0.2, 0.25) is 10.0 Å². The van der Waals surface area contributed by atoms with E-state index in [0.29, 0.717) is 12.0 Å².